The van der Waals surface area contributed by atoms with Gasteiger partial charge < -0.3 is 28.8 Å². The minimum absolute atomic E-state index is 0.0155. The maximum atomic E-state index is 13.0. The van der Waals surface area contributed by atoms with Crippen LogP contribution in [0.3, 0.4) is 0 Å². The summed E-state index contributed by atoms with van der Waals surface area (Å²) in [5, 5.41) is 2.66. The molecule has 40 heavy (non-hydrogen) atoms. The Balaban J connectivity index is 1.70. The van der Waals surface area contributed by atoms with Gasteiger partial charge in [-0.3, -0.25) is 9.59 Å². The minimum Gasteiger partial charge on any atom is -0.497 e. The van der Waals surface area contributed by atoms with E-state index in [1.54, 1.807) is 56.5 Å². The van der Waals surface area contributed by atoms with Crippen molar-refractivity contribution < 1.29 is 42.1 Å². The van der Waals surface area contributed by atoms with Crippen LogP contribution in [0.1, 0.15) is 46.0 Å². The molecule has 0 aliphatic rings. The normalized spacial score (nSPS) is 11.8. The number of hydrogen-bond donors (Lipinski definition) is 1. The number of ether oxygens (including phenoxy) is 4. The van der Waals surface area contributed by atoms with E-state index in [1.165, 1.54) is 38.5 Å². The van der Waals surface area contributed by atoms with Gasteiger partial charge in [0.15, 0.2) is 6.61 Å². The fourth-order valence-electron chi connectivity index (χ4n) is 4.18. The van der Waals surface area contributed by atoms with Crippen LogP contribution in [0.4, 0.5) is 8.78 Å². The highest BCUT2D eigenvalue weighted by molar-refractivity contribution is 6.00. The molecule has 0 aliphatic carbocycles. The van der Waals surface area contributed by atoms with Crippen molar-refractivity contribution in [1.29, 1.82) is 0 Å². The fraction of sp³-hybridized carbons (Fsp3) is 0.345. The third kappa shape index (κ3) is 7.16. The van der Waals surface area contributed by atoms with Crippen LogP contribution in [0.25, 0.3) is 5.69 Å². The highest BCUT2D eigenvalue weighted by atomic mass is 19.3. The minimum atomic E-state index is -2.93. The Morgan fingerprint density at radius 3 is 2.02 bits per heavy atom. The fourth-order valence-corrected chi connectivity index (χ4v) is 4.18. The first kappa shape index (κ1) is 30.1. The lowest BCUT2D eigenvalue weighted by Crippen LogP contribution is -2.45. The predicted octanol–water partition coefficient (Wildman–Crippen LogP) is 4.89. The summed E-state index contributed by atoms with van der Waals surface area (Å²) in [7, 11) is 2.92. The average Bonchev–Trinajstić information content (AvgIpc) is 3.23. The van der Waals surface area contributed by atoms with Gasteiger partial charge in [-0.15, -0.1) is 0 Å². The first-order chi connectivity index (χ1) is 18.9. The van der Waals surface area contributed by atoms with E-state index >= 15 is 0 Å². The highest BCUT2D eigenvalue weighted by Crippen LogP contribution is 2.25. The molecule has 9 nitrogen and oxygen atoms in total. The number of rotatable bonds is 12. The number of Topliss-reactive ketones (excluding diaryl/α,β-unsaturated/α-hetero) is 1. The summed E-state index contributed by atoms with van der Waals surface area (Å²) in [6.07, 6.45) is 0. The lowest BCUT2D eigenvalue weighted by Gasteiger charge is -2.21. The summed E-state index contributed by atoms with van der Waals surface area (Å²) in [5.74, 6) is -1.22. The van der Waals surface area contributed by atoms with E-state index in [2.05, 4.69) is 10.1 Å². The topological polar surface area (TPSA) is 105 Å². The van der Waals surface area contributed by atoms with E-state index in [4.69, 9.17) is 14.2 Å². The molecule has 0 saturated heterocycles. The number of halogens is 2. The van der Waals surface area contributed by atoms with E-state index in [0.717, 1.165) is 5.69 Å². The number of benzene rings is 2. The summed E-state index contributed by atoms with van der Waals surface area (Å²) in [5.41, 5.74) is 2.51. The molecule has 1 heterocycles. The number of alkyl halides is 2. The number of ketones is 1. The number of esters is 1. The highest BCUT2D eigenvalue weighted by Gasteiger charge is 2.28. The molecule has 0 fully saturated rings. The molecule has 0 radical (unpaired) electrons. The van der Waals surface area contributed by atoms with Crippen LogP contribution in [-0.2, 0) is 9.53 Å². The van der Waals surface area contributed by atoms with Crippen LogP contribution in [0, 0.1) is 19.8 Å². The van der Waals surface area contributed by atoms with Crippen LogP contribution in [0.2, 0.25) is 0 Å². The Morgan fingerprint density at radius 2 is 1.50 bits per heavy atom. The first-order valence-corrected chi connectivity index (χ1v) is 12.4. The van der Waals surface area contributed by atoms with Gasteiger partial charge in [0.25, 0.3) is 5.91 Å². The lowest BCUT2D eigenvalue weighted by atomic mass is 10.0. The number of nitrogens with zero attached hydrogens (tertiary/aromatic N) is 1. The predicted molar refractivity (Wildman–Crippen MR) is 143 cm³/mol. The molecule has 0 bridgehead atoms. The van der Waals surface area contributed by atoms with Gasteiger partial charge in [-0.2, -0.15) is 8.78 Å². The van der Waals surface area contributed by atoms with Crippen molar-refractivity contribution in [2.45, 2.75) is 40.3 Å². The van der Waals surface area contributed by atoms with E-state index in [0.29, 0.717) is 28.4 Å². The molecule has 2 aromatic carbocycles. The average molecular weight is 559 g/mol. The van der Waals surface area contributed by atoms with Crippen LogP contribution >= 0.6 is 0 Å². The zero-order chi connectivity index (χ0) is 29.6. The van der Waals surface area contributed by atoms with Crippen LogP contribution in [-0.4, -0.2) is 55.7 Å². The molecule has 0 spiro atoms. The zero-order valence-electron chi connectivity index (χ0n) is 23.1. The number of hydrogen-bond acceptors (Lipinski definition) is 7. The van der Waals surface area contributed by atoms with Gasteiger partial charge >= 0.3 is 12.6 Å². The van der Waals surface area contributed by atoms with Crippen molar-refractivity contribution in [3.8, 4) is 22.9 Å². The lowest BCUT2D eigenvalue weighted by molar-refractivity contribution is -0.145. The third-order valence-electron chi connectivity index (χ3n) is 6.22. The molecule has 1 N–H and O–H groups in total. The maximum absolute atomic E-state index is 13.0. The van der Waals surface area contributed by atoms with Gasteiger partial charge in [0.1, 0.15) is 23.3 Å². The van der Waals surface area contributed by atoms with Crippen LogP contribution in [0.15, 0.2) is 48.5 Å². The van der Waals surface area contributed by atoms with E-state index in [1.807, 2.05) is 0 Å². The summed E-state index contributed by atoms with van der Waals surface area (Å²) >= 11 is 0. The molecule has 0 aliphatic heterocycles. The van der Waals surface area contributed by atoms with Gasteiger partial charge in [0, 0.05) is 34.3 Å². The molecule has 214 valence electrons. The van der Waals surface area contributed by atoms with E-state index < -0.39 is 36.9 Å². The zero-order valence-corrected chi connectivity index (χ0v) is 23.1. The number of aryl methyl sites for hydroxylation is 1. The molecule has 1 atom stereocenters. The number of aromatic nitrogens is 1. The second-order valence-electron chi connectivity index (χ2n) is 9.32. The second kappa shape index (κ2) is 13.1. The SMILES string of the molecule is COc1cc(OC)cc(C(=O)N[C@H](C(=O)OCC(=O)c2cc(C)n(-c3ccc(OC(F)F)cc3)c2C)C(C)C)c1. The molecule has 3 rings (SSSR count). The largest absolute Gasteiger partial charge is 0.497 e. The van der Waals surface area contributed by atoms with E-state index in [9.17, 15) is 23.2 Å². The molecule has 0 saturated carbocycles. The van der Waals surface area contributed by atoms with Gasteiger partial charge in [-0.05, 0) is 62.2 Å². The van der Waals surface area contributed by atoms with Crippen LogP contribution in [0.5, 0.6) is 17.2 Å². The molecule has 1 amide bonds. The summed E-state index contributed by atoms with van der Waals surface area (Å²) < 4.78 is 46.8. The monoisotopic (exact) mass is 558 g/mol. The quantitative estimate of drug-likeness (QED) is 0.249. The van der Waals surface area contributed by atoms with Crippen molar-refractivity contribution in [3.63, 3.8) is 0 Å². The van der Waals surface area contributed by atoms with Gasteiger partial charge in [-0.25, -0.2) is 4.79 Å². The van der Waals surface area contributed by atoms with Crippen molar-refractivity contribution in [2.24, 2.45) is 5.92 Å². The van der Waals surface area contributed by atoms with Crippen molar-refractivity contribution in [1.82, 2.24) is 9.88 Å². The second-order valence-corrected chi connectivity index (χ2v) is 9.32. The Morgan fingerprint density at radius 1 is 0.900 bits per heavy atom. The van der Waals surface area contributed by atoms with E-state index in [-0.39, 0.29) is 17.2 Å². The summed E-state index contributed by atoms with van der Waals surface area (Å²) in [4.78, 5) is 38.8. The van der Waals surface area contributed by atoms with Gasteiger partial charge in [0.2, 0.25) is 5.78 Å². The van der Waals surface area contributed by atoms with Gasteiger partial charge in [-0.1, -0.05) is 13.8 Å². The Hall–Kier alpha value is -4.41. The number of carbonyl (C=O) groups is 3. The van der Waals surface area contributed by atoms with Crippen LogP contribution < -0.4 is 19.5 Å². The number of amides is 1. The summed E-state index contributed by atoms with van der Waals surface area (Å²) in [6.45, 7) is 3.54. The Labute approximate surface area is 231 Å². The molecule has 11 heteroatoms. The van der Waals surface area contributed by atoms with Crippen molar-refractivity contribution in [2.75, 3.05) is 20.8 Å². The van der Waals surface area contributed by atoms with Crippen molar-refractivity contribution >= 4 is 17.7 Å². The molecular formula is C29H32F2N2O7. The molecule has 0 unspecified atom stereocenters. The smallest absolute Gasteiger partial charge is 0.387 e. The Bertz CT molecular complexity index is 1350. The number of methoxy groups -OCH3 is 2. The summed E-state index contributed by atoms with van der Waals surface area (Å²) in [6, 6.07) is 11.3. The third-order valence-corrected chi connectivity index (χ3v) is 6.22. The molecular weight excluding hydrogens is 526 g/mol. The first-order valence-electron chi connectivity index (χ1n) is 12.4. The molecule has 3 aromatic rings. The maximum Gasteiger partial charge on any atom is 0.387 e. The number of nitrogens with one attached hydrogen (secondary N) is 1. The standard InChI is InChI=1S/C29H32F2N2O7/c1-16(2)26(32-27(35)19-12-22(37-5)14-23(13-19)38-6)28(36)39-15-25(34)24-11-17(3)33(18(24)4)20-7-9-21(10-8-20)40-29(30)31/h7-14,16,26,29H,15H2,1-6H3,(H,32,35)/t26-/m0/s1. The van der Waals surface area contributed by atoms with Crippen molar-refractivity contribution in [3.05, 3.63) is 71.0 Å². The van der Waals surface area contributed by atoms with Gasteiger partial charge in [0.05, 0.1) is 14.2 Å². The molecule has 1 aromatic heterocycles. The number of carbonyl (C=O) groups excluding carboxylic acids is 3. The Kier molecular flexibility index (Phi) is 9.87.